The van der Waals surface area contributed by atoms with Crippen molar-refractivity contribution >= 4 is 11.6 Å². The quantitative estimate of drug-likeness (QED) is 0.486. The topological polar surface area (TPSA) is 0 Å². The summed E-state index contributed by atoms with van der Waals surface area (Å²) in [5, 5.41) is 0.490. The van der Waals surface area contributed by atoms with Crippen LogP contribution in [0, 0.1) is 17.7 Å². The van der Waals surface area contributed by atoms with E-state index < -0.39 is 0 Å². The Kier molecular flexibility index (Phi) is 7.03. The standard InChI is InChI=1S/C19H28ClF/c1-2-3-4-5-15-6-8-16(9-7-15)10-11-17-12-13-18(20)14-19(17)21/h12-16H,2-11H2,1H3. The Hall–Kier alpha value is -0.560. The number of halogens is 2. The minimum Gasteiger partial charge on any atom is -0.207 e. The third-order valence-corrected chi connectivity index (χ3v) is 5.25. The highest BCUT2D eigenvalue weighted by atomic mass is 35.5. The van der Waals surface area contributed by atoms with Gasteiger partial charge >= 0.3 is 0 Å². The van der Waals surface area contributed by atoms with Crippen molar-refractivity contribution in [2.75, 3.05) is 0 Å². The zero-order chi connectivity index (χ0) is 15.1. The molecule has 2 heteroatoms. The van der Waals surface area contributed by atoms with Crippen LogP contribution in [-0.2, 0) is 6.42 Å². The summed E-state index contributed by atoms with van der Waals surface area (Å²) in [6.45, 7) is 2.27. The van der Waals surface area contributed by atoms with Crippen LogP contribution in [0.3, 0.4) is 0 Å². The van der Waals surface area contributed by atoms with Gasteiger partial charge in [0.2, 0.25) is 0 Å². The summed E-state index contributed by atoms with van der Waals surface area (Å²) in [5.41, 5.74) is 0.824. The van der Waals surface area contributed by atoms with Gasteiger partial charge in [0.25, 0.3) is 0 Å². The summed E-state index contributed by atoms with van der Waals surface area (Å²) in [7, 11) is 0. The van der Waals surface area contributed by atoms with Gasteiger partial charge < -0.3 is 0 Å². The van der Waals surface area contributed by atoms with Gasteiger partial charge in [-0.2, -0.15) is 0 Å². The molecule has 21 heavy (non-hydrogen) atoms. The summed E-state index contributed by atoms with van der Waals surface area (Å²) in [4.78, 5) is 0. The molecule has 1 aromatic rings. The summed E-state index contributed by atoms with van der Waals surface area (Å²) in [6, 6.07) is 5.07. The molecule has 0 unspecified atom stereocenters. The van der Waals surface area contributed by atoms with E-state index in [2.05, 4.69) is 6.92 Å². The maximum Gasteiger partial charge on any atom is 0.127 e. The summed E-state index contributed by atoms with van der Waals surface area (Å²) >= 11 is 5.79. The van der Waals surface area contributed by atoms with Gasteiger partial charge in [0.15, 0.2) is 0 Å². The average Bonchev–Trinajstić information content (AvgIpc) is 2.48. The van der Waals surface area contributed by atoms with Crippen LogP contribution in [0.15, 0.2) is 18.2 Å². The molecule has 0 saturated heterocycles. The molecule has 0 bridgehead atoms. The van der Waals surface area contributed by atoms with E-state index in [9.17, 15) is 4.39 Å². The van der Waals surface area contributed by atoms with Crippen LogP contribution in [0.5, 0.6) is 0 Å². The molecule has 0 spiro atoms. The van der Waals surface area contributed by atoms with Crippen molar-refractivity contribution in [1.29, 1.82) is 0 Å². The molecule has 0 N–H and O–H groups in total. The normalized spacial score (nSPS) is 22.4. The van der Waals surface area contributed by atoms with Crippen molar-refractivity contribution in [3.05, 3.63) is 34.6 Å². The molecule has 0 amide bonds. The van der Waals surface area contributed by atoms with Gasteiger partial charge in [-0.05, 0) is 42.4 Å². The first-order chi connectivity index (χ1) is 10.2. The van der Waals surface area contributed by atoms with Crippen molar-refractivity contribution in [3.63, 3.8) is 0 Å². The Morgan fingerprint density at radius 3 is 2.33 bits per heavy atom. The van der Waals surface area contributed by atoms with E-state index in [1.54, 1.807) is 6.07 Å². The second-order valence-electron chi connectivity index (χ2n) is 6.66. The second-order valence-corrected chi connectivity index (χ2v) is 7.09. The minimum absolute atomic E-state index is 0.143. The van der Waals surface area contributed by atoms with E-state index in [-0.39, 0.29) is 5.82 Å². The predicted molar refractivity (Wildman–Crippen MR) is 89.3 cm³/mol. The number of unbranched alkanes of at least 4 members (excludes halogenated alkanes) is 2. The molecule has 0 atom stereocenters. The van der Waals surface area contributed by atoms with Gasteiger partial charge in [-0.3, -0.25) is 0 Å². The van der Waals surface area contributed by atoms with Crippen LogP contribution in [-0.4, -0.2) is 0 Å². The molecule has 2 rings (SSSR count). The summed E-state index contributed by atoms with van der Waals surface area (Å²) in [6.07, 6.45) is 13.0. The number of rotatable bonds is 7. The lowest BCUT2D eigenvalue weighted by atomic mass is 9.78. The van der Waals surface area contributed by atoms with Crippen LogP contribution < -0.4 is 0 Å². The lowest BCUT2D eigenvalue weighted by Gasteiger charge is -2.28. The zero-order valence-electron chi connectivity index (χ0n) is 13.2. The van der Waals surface area contributed by atoms with E-state index in [1.165, 1.54) is 57.4 Å². The molecule has 0 aliphatic heterocycles. The lowest BCUT2D eigenvalue weighted by Crippen LogP contribution is -2.15. The average molecular weight is 311 g/mol. The highest BCUT2D eigenvalue weighted by Crippen LogP contribution is 2.34. The zero-order valence-corrected chi connectivity index (χ0v) is 14.0. The number of hydrogen-bond acceptors (Lipinski definition) is 0. The van der Waals surface area contributed by atoms with Crippen molar-refractivity contribution in [2.24, 2.45) is 11.8 Å². The molecule has 1 aliphatic carbocycles. The van der Waals surface area contributed by atoms with Crippen LogP contribution in [0.2, 0.25) is 5.02 Å². The first kappa shape index (κ1) is 16.8. The predicted octanol–water partition coefficient (Wildman–Crippen LogP) is 6.80. The van der Waals surface area contributed by atoms with E-state index in [0.29, 0.717) is 5.02 Å². The molecule has 118 valence electrons. The second kappa shape index (κ2) is 8.78. The van der Waals surface area contributed by atoms with E-state index in [4.69, 9.17) is 11.6 Å². The highest BCUT2D eigenvalue weighted by molar-refractivity contribution is 6.30. The fourth-order valence-electron chi connectivity index (χ4n) is 3.58. The van der Waals surface area contributed by atoms with Gasteiger partial charge in [-0.25, -0.2) is 4.39 Å². The number of hydrogen-bond donors (Lipinski definition) is 0. The molecule has 0 heterocycles. The monoisotopic (exact) mass is 310 g/mol. The van der Waals surface area contributed by atoms with Crippen LogP contribution >= 0.6 is 11.6 Å². The van der Waals surface area contributed by atoms with Gasteiger partial charge in [0.05, 0.1) is 0 Å². The number of benzene rings is 1. The molecule has 0 aromatic heterocycles. The fraction of sp³-hybridized carbons (Fsp3) is 0.684. The molecule has 1 saturated carbocycles. The molecular formula is C19H28ClF. The molecule has 0 radical (unpaired) electrons. The molecule has 1 fully saturated rings. The van der Waals surface area contributed by atoms with Gasteiger partial charge in [0.1, 0.15) is 5.82 Å². The van der Waals surface area contributed by atoms with Gasteiger partial charge in [-0.1, -0.05) is 76.0 Å². The molecule has 1 aliphatic rings. The van der Waals surface area contributed by atoms with E-state index in [0.717, 1.165) is 30.2 Å². The van der Waals surface area contributed by atoms with Crippen LogP contribution in [0.25, 0.3) is 0 Å². The summed E-state index contributed by atoms with van der Waals surface area (Å²) in [5.74, 6) is 1.61. The van der Waals surface area contributed by atoms with Gasteiger partial charge in [-0.15, -0.1) is 0 Å². The Labute approximate surface area is 134 Å². The first-order valence-corrected chi connectivity index (χ1v) is 9.00. The smallest absolute Gasteiger partial charge is 0.127 e. The largest absolute Gasteiger partial charge is 0.207 e. The van der Waals surface area contributed by atoms with Crippen molar-refractivity contribution in [1.82, 2.24) is 0 Å². The van der Waals surface area contributed by atoms with Crippen molar-refractivity contribution in [3.8, 4) is 0 Å². The molecule has 1 aromatic carbocycles. The number of aryl methyl sites for hydroxylation is 1. The van der Waals surface area contributed by atoms with E-state index >= 15 is 0 Å². The highest BCUT2D eigenvalue weighted by Gasteiger charge is 2.20. The van der Waals surface area contributed by atoms with E-state index in [1.807, 2.05) is 6.07 Å². The maximum atomic E-state index is 13.8. The Morgan fingerprint density at radius 2 is 1.71 bits per heavy atom. The molecular weight excluding hydrogens is 283 g/mol. The Balaban J connectivity index is 1.69. The van der Waals surface area contributed by atoms with Crippen molar-refractivity contribution in [2.45, 2.75) is 71.1 Å². The lowest BCUT2D eigenvalue weighted by molar-refractivity contribution is 0.248. The van der Waals surface area contributed by atoms with Gasteiger partial charge in [0, 0.05) is 5.02 Å². The fourth-order valence-corrected chi connectivity index (χ4v) is 3.73. The van der Waals surface area contributed by atoms with Crippen molar-refractivity contribution < 1.29 is 4.39 Å². The Bertz CT molecular complexity index is 422. The minimum atomic E-state index is -0.143. The maximum absolute atomic E-state index is 13.8. The van der Waals surface area contributed by atoms with Crippen LogP contribution in [0.1, 0.15) is 70.3 Å². The summed E-state index contributed by atoms with van der Waals surface area (Å²) < 4.78 is 13.8. The SMILES string of the molecule is CCCCCC1CCC(CCc2ccc(Cl)cc2F)CC1. The third-order valence-electron chi connectivity index (χ3n) is 5.02. The third kappa shape index (κ3) is 5.62. The Morgan fingerprint density at radius 1 is 1.05 bits per heavy atom. The van der Waals surface area contributed by atoms with Crippen LogP contribution in [0.4, 0.5) is 4.39 Å². The molecule has 0 nitrogen and oxygen atoms in total. The first-order valence-electron chi connectivity index (χ1n) is 8.63.